The Hall–Kier alpha value is -3.08. The standard InChI is InChI=1S/C21H22N2O3/c1-3-8-19(20(24)22-2)23-21(25)26-13-18-16-11-6-4-9-14(16)15-10-5-7-12-17(15)18/h3-7,9-12,18-19H,1,8,13H2,2H3,(H,22,24)(H,23,25). The van der Waals surface area contributed by atoms with E-state index in [4.69, 9.17) is 4.74 Å². The largest absolute Gasteiger partial charge is 0.449 e. The topological polar surface area (TPSA) is 67.4 Å². The lowest BCUT2D eigenvalue weighted by Crippen LogP contribution is -2.45. The molecule has 134 valence electrons. The van der Waals surface area contributed by atoms with Gasteiger partial charge in [-0.1, -0.05) is 54.6 Å². The molecular formula is C21H22N2O3. The summed E-state index contributed by atoms with van der Waals surface area (Å²) in [4.78, 5) is 24.0. The van der Waals surface area contributed by atoms with E-state index in [0.717, 1.165) is 11.1 Å². The lowest BCUT2D eigenvalue weighted by atomic mass is 9.98. The molecule has 0 fully saturated rings. The number of carbonyl (C=O) groups is 2. The van der Waals surface area contributed by atoms with Gasteiger partial charge in [0.1, 0.15) is 12.6 Å². The van der Waals surface area contributed by atoms with Crippen LogP contribution < -0.4 is 10.6 Å². The number of alkyl carbamates (subject to hydrolysis) is 1. The van der Waals surface area contributed by atoms with Crippen LogP contribution in [0, 0.1) is 0 Å². The van der Waals surface area contributed by atoms with Crippen LogP contribution in [0.2, 0.25) is 0 Å². The van der Waals surface area contributed by atoms with Crippen molar-refractivity contribution in [1.29, 1.82) is 0 Å². The van der Waals surface area contributed by atoms with E-state index in [1.807, 2.05) is 24.3 Å². The zero-order chi connectivity index (χ0) is 18.5. The molecule has 0 aromatic heterocycles. The molecule has 2 aromatic carbocycles. The van der Waals surface area contributed by atoms with E-state index in [0.29, 0.717) is 6.42 Å². The van der Waals surface area contributed by atoms with Crippen LogP contribution >= 0.6 is 0 Å². The summed E-state index contributed by atoms with van der Waals surface area (Å²) in [7, 11) is 1.53. The fraction of sp³-hybridized carbons (Fsp3) is 0.238. The van der Waals surface area contributed by atoms with Crippen LogP contribution in [-0.2, 0) is 9.53 Å². The van der Waals surface area contributed by atoms with Crippen LogP contribution in [0.3, 0.4) is 0 Å². The van der Waals surface area contributed by atoms with E-state index in [2.05, 4.69) is 41.5 Å². The number of fused-ring (bicyclic) bond motifs is 3. The first-order chi connectivity index (χ1) is 12.7. The van der Waals surface area contributed by atoms with Crippen molar-refractivity contribution < 1.29 is 14.3 Å². The lowest BCUT2D eigenvalue weighted by Gasteiger charge is -2.18. The van der Waals surface area contributed by atoms with Crippen LogP contribution in [0.5, 0.6) is 0 Å². The molecule has 1 atom stereocenters. The second-order valence-electron chi connectivity index (χ2n) is 6.16. The van der Waals surface area contributed by atoms with E-state index in [-0.39, 0.29) is 18.4 Å². The number of carbonyl (C=O) groups excluding carboxylic acids is 2. The highest BCUT2D eigenvalue weighted by Gasteiger charge is 2.29. The molecular weight excluding hydrogens is 328 g/mol. The molecule has 5 heteroatoms. The van der Waals surface area contributed by atoms with Crippen LogP contribution in [0.4, 0.5) is 4.79 Å². The predicted octanol–water partition coefficient (Wildman–Crippen LogP) is 3.22. The average molecular weight is 350 g/mol. The monoisotopic (exact) mass is 350 g/mol. The van der Waals surface area contributed by atoms with E-state index < -0.39 is 12.1 Å². The van der Waals surface area contributed by atoms with Gasteiger partial charge < -0.3 is 15.4 Å². The minimum atomic E-state index is -0.687. The van der Waals surface area contributed by atoms with Crippen molar-refractivity contribution >= 4 is 12.0 Å². The number of hydrogen-bond acceptors (Lipinski definition) is 3. The number of benzene rings is 2. The molecule has 2 aromatic rings. The second kappa shape index (κ2) is 7.87. The molecule has 3 rings (SSSR count). The lowest BCUT2D eigenvalue weighted by molar-refractivity contribution is -0.122. The first kappa shape index (κ1) is 17.7. The van der Waals surface area contributed by atoms with Crippen molar-refractivity contribution in [3.05, 3.63) is 72.3 Å². The molecule has 0 saturated heterocycles. The normalized spacial score (nSPS) is 13.3. The van der Waals surface area contributed by atoms with Gasteiger partial charge in [-0.05, 0) is 28.7 Å². The van der Waals surface area contributed by atoms with Gasteiger partial charge in [-0.3, -0.25) is 4.79 Å². The Morgan fingerprint density at radius 2 is 1.69 bits per heavy atom. The maximum Gasteiger partial charge on any atom is 0.407 e. The van der Waals surface area contributed by atoms with Gasteiger partial charge in [0.25, 0.3) is 0 Å². The molecule has 0 aliphatic heterocycles. The van der Waals surface area contributed by atoms with Crippen LogP contribution in [0.1, 0.15) is 23.5 Å². The van der Waals surface area contributed by atoms with Gasteiger partial charge in [-0.15, -0.1) is 6.58 Å². The van der Waals surface area contributed by atoms with Gasteiger partial charge in [-0.25, -0.2) is 4.79 Å². The Morgan fingerprint density at radius 3 is 2.23 bits per heavy atom. The van der Waals surface area contributed by atoms with Crippen LogP contribution in [-0.4, -0.2) is 31.7 Å². The molecule has 0 saturated carbocycles. The SMILES string of the molecule is C=CCC(NC(=O)OCC1c2ccccc2-c2ccccc21)C(=O)NC. The van der Waals surface area contributed by atoms with Gasteiger partial charge in [0.15, 0.2) is 0 Å². The minimum absolute atomic E-state index is 0.00833. The second-order valence-corrected chi connectivity index (χ2v) is 6.16. The molecule has 1 aliphatic carbocycles. The zero-order valence-electron chi connectivity index (χ0n) is 14.7. The molecule has 1 aliphatic rings. The van der Waals surface area contributed by atoms with Crippen LogP contribution in [0.25, 0.3) is 11.1 Å². The Kier molecular flexibility index (Phi) is 5.37. The fourth-order valence-corrected chi connectivity index (χ4v) is 3.35. The van der Waals surface area contributed by atoms with Crippen molar-refractivity contribution in [3.63, 3.8) is 0 Å². The molecule has 0 radical (unpaired) electrons. The number of hydrogen-bond donors (Lipinski definition) is 2. The van der Waals surface area contributed by atoms with Crippen molar-refractivity contribution in [2.45, 2.75) is 18.4 Å². The third-order valence-corrected chi connectivity index (χ3v) is 4.60. The number of likely N-dealkylation sites (N-methyl/N-ethyl adjacent to an activating group) is 1. The highest BCUT2D eigenvalue weighted by Crippen LogP contribution is 2.44. The van der Waals surface area contributed by atoms with E-state index in [9.17, 15) is 9.59 Å². The van der Waals surface area contributed by atoms with Crippen molar-refractivity contribution in [2.24, 2.45) is 0 Å². The highest BCUT2D eigenvalue weighted by molar-refractivity contribution is 5.85. The first-order valence-corrected chi connectivity index (χ1v) is 8.59. The quantitative estimate of drug-likeness (QED) is 0.786. The Balaban J connectivity index is 1.70. The fourth-order valence-electron chi connectivity index (χ4n) is 3.35. The third-order valence-electron chi connectivity index (χ3n) is 4.60. The number of rotatable bonds is 6. The summed E-state index contributed by atoms with van der Waals surface area (Å²) >= 11 is 0. The number of amides is 2. The van der Waals surface area contributed by atoms with Crippen molar-refractivity contribution in [2.75, 3.05) is 13.7 Å². The summed E-state index contributed by atoms with van der Waals surface area (Å²) in [6.07, 6.45) is 1.32. The maximum atomic E-state index is 12.2. The van der Waals surface area contributed by atoms with Gasteiger partial charge in [0.05, 0.1) is 0 Å². The van der Waals surface area contributed by atoms with Crippen molar-refractivity contribution in [3.8, 4) is 11.1 Å². The van der Waals surface area contributed by atoms with E-state index in [1.54, 1.807) is 6.08 Å². The summed E-state index contributed by atoms with van der Waals surface area (Å²) in [5, 5.41) is 5.12. The number of nitrogens with one attached hydrogen (secondary N) is 2. The molecule has 2 amide bonds. The van der Waals surface area contributed by atoms with Gasteiger partial charge in [0, 0.05) is 13.0 Å². The van der Waals surface area contributed by atoms with Gasteiger partial charge >= 0.3 is 6.09 Å². The molecule has 1 unspecified atom stereocenters. The molecule has 0 bridgehead atoms. The maximum absolute atomic E-state index is 12.2. The van der Waals surface area contributed by atoms with Crippen molar-refractivity contribution in [1.82, 2.24) is 10.6 Å². The highest BCUT2D eigenvalue weighted by atomic mass is 16.5. The average Bonchev–Trinajstić information content (AvgIpc) is 2.99. The zero-order valence-corrected chi connectivity index (χ0v) is 14.7. The Morgan fingerprint density at radius 1 is 1.12 bits per heavy atom. The first-order valence-electron chi connectivity index (χ1n) is 8.59. The Bertz CT molecular complexity index is 786. The Labute approximate surface area is 153 Å². The molecule has 0 spiro atoms. The van der Waals surface area contributed by atoms with E-state index in [1.165, 1.54) is 18.2 Å². The molecule has 0 heterocycles. The summed E-state index contributed by atoms with van der Waals surface area (Å²) in [6, 6.07) is 15.6. The molecule has 2 N–H and O–H groups in total. The predicted molar refractivity (Wildman–Crippen MR) is 101 cm³/mol. The van der Waals surface area contributed by atoms with Gasteiger partial charge in [-0.2, -0.15) is 0 Å². The molecule has 5 nitrogen and oxygen atoms in total. The molecule has 26 heavy (non-hydrogen) atoms. The summed E-state index contributed by atoms with van der Waals surface area (Å²) in [6.45, 7) is 3.83. The minimum Gasteiger partial charge on any atom is -0.449 e. The van der Waals surface area contributed by atoms with Gasteiger partial charge in [0.2, 0.25) is 5.91 Å². The third kappa shape index (κ3) is 3.47. The smallest absolute Gasteiger partial charge is 0.407 e. The van der Waals surface area contributed by atoms with E-state index >= 15 is 0 Å². The summed E-state index contributed by atoms with van der Waals surface area (Å²) in [5.41, 5.74) is 4.64. The number of ether oxygens (including phenoxy) is 1. The summed E-state index contributed by atoms with van der Waals surface area (Å²) in [5.74, 6) is -0.288. The van der Waals surface area contributed by atoms with Crippen LogP contribution in [0.15, 0.2) is 61.2 Å². The summed E-state index contributed by atoms with van der Waals surface area (Å²) < 4.78 is 5.45.